The highest BCUT2D eigenvalue weighted by atomic mass is 16.3. The number of nitrogen functional groups attached to an aromatic ring is 1. The molecule has 2 rings (SSSR count). The predicted molar refractivity (Wildman–Crippen MR) is 76.9 cm³/mol. The second-order valence-electron chi connectivity index (χ2n) is 4.89. The monoisotopic (exact) mass is 262 g/mol. The van der Waals surface area contributed by atoms with Crippen molar-refractivity contribution >= 4 is 11.7 Å². The van der Waals surface area contributed by atoms with Crippen LogP contribution in [0, 0.1) is 5.41 Å². The number of aliphatic hydroxyl groups excluding tert-OH is 1. The smallest absolute Gasteiger partial charge is 0.139 e. The Hall–Kier alpha value is -1.62. The van der Waals surface area contributed by atoms with E-state index in [1.807, 2.05) is 6.07 Å². The van der Waals surface area contributed by atoms with E-state index in [-0.39, 0.29) is 12.4 Å². The molecule has 0 saturated carbocycles. The lowest BCUT2D eigenvalue weighted by atomic mass is 10.1. The number of pyridine rings is 1. The number of aliphatic hydroxyl groups is 1. The van der Waals surface area contributed by atoms with Crippen molar-refractivity contribution in [3.8, 4) is 0 Å². The molecule has 1 aliphatic rings. The van der Waals surface area contributed by atoms with Gasteiger partial charge in [0.2, 0.25) is 0 Å². The lowest BCUT2D eigenvalue weighted by Crippen LogP contribution is -2.29. The molecule has 4 N–H and O–H groups in total. The van der Waals surface area contributed by atoms with E-state index >= 15 is 0 Å². The van der Waals surface area contributed by atoms with Gasteiger partial charge in [0, 0.05) is 25.4 Å². The van der Waals surface area contributed by atoms with Crippen LogP contribution in [-0.2, 0) is 12.8 Å². The van der Waals surface area contributed by atoms with Crippen molar-refractivity contribution < 1.29 is 5.11 Å². The second kappa shape index (κ2) is 6.02. The minimum Gasteiger partial charge on any atom is -0.396 e. The first-order valence-electron chi connectivity index (χ1n) is 6.90. The van der Waals surface area contributed by atoms with Gasteiger partial charge in [0.25, 0.3) is 0 Å². The molecule has 5 nitrogen and oxygen atoms in total. The SMILES string of the molecule is CCN(CCCO)c1nc2c(cc1C(=N)N)CCC2. The molecule has 5 heteroatoms. The van der Waals surface area contributed by atoms with Crippen LogP contribution in [0.25, 0.3) is 0 Å². The topological polar surface area (TPSA) is 86.2 Å². The standard InChI is InChI=1S/C14H22N4O/c1-2-18(7-4-8-19)14-11(13(15)16)9-10-5-3-6-12(10)17-14/h9,19H,2-8H2,1H3,(H3,15,16). The maximum Gasteiger partial charge on any atom is 0.139 e. The van der Waals surface area contributed by atoms with Gasteiger partial charge in [-0.2, -0.15) is 0 Å². The molecule has 0 radical (unpaired) electrons. The van der Waals surface area contributed by atoms with E-state index in [1.54, 1.807) is 0 Å². The predicted octanol–water partition coefficient (Wildman–Crippen LogP) is 1.06. The normalized spacial score (nSPS) is 13.4. The van der Waals surface area contributed by atoms with Gasteiger partial charge < -0.3 is 15.7 Å². The van der Waals surface area contributed by atoms with Gasteiger partial charge in [-0.25, -0.2) is 4.98 Å². The fraction of sp³-hybridized carbons (Fsp3) is 0.571. The first kappa shape index (κ1) is 13.8. The van der Waals surface area contributed by atoms with Crippen molar-refractivity contribution in [1.82, 2.24) is 4.98 Å². The molecule has 19 heavy (non-hydrogen) atoms. The molecular weight excluding hydrogens is 240 g/mol. The number of fused-ring (bicyclic) bond motifs is 1. The fourth-order valence-electron chi connectivity index (χ4n) is 2.58. The number of anilines is 1. The number of nitrogens with one attached hydrogen (secondary N) is 1. The van der Waals surface area contributed by atoms with Gasteiger partial charge in [-0.1, -0.05) is 0 Å². The summed E-state index contributed by atoms with van der Waals surface area (Å²) in [6, 6.07) is 2.02. The third kappa shape index (κ3) is 2.87. The highest BCUT2D eigenvalue weighted by molar-refractivity contribution is 5.99. The molecule has 0 saturated heterocycles. The maximum atomic E-state index is 8.98. The summed E-state index contributed by atoms with van der Waals surface area (Å²) in [6.45, 7) is 3.75. The van der Waals surface area contributed by atoms with Crippen LogP contribution in [0.4, 0.5) is 5.82 Å². The van der Waals surface area contributed by atoms with E-state index in [4.69, 9.17) is 21.2 Å². The van der Waals surface area contributed by atoms with Crippen LogP contribution < -0.4 is 10.6 Å². The van der Waals surface area contributed by atoms with Crippen molar-refractivity contribution in [3.63, 3.8) is 0 Å². The van der Waals surface area contributed by atoms with Gasteiger partial charge in [-0.3, -0.25) is 5.41 Å². The Morgan fingerprint density at radius 1 is 1.53 bits per heavy atom. The number of rotatable bonds is 6. The minimum absolute atomic E-state index is 0.0691. The molecule has 0 fully saturated rings. The van der Waals surface area contributed by atoms with E-state index in [0.29, 0.717) is 6.42 Å². The number of aryl methyl sites for hydroxylation is 2. The first-order chi connectivity index (χ1) is 9.17. The summed E-state index contributed by atoms with van der Waals surface area (Å²) in [5.74, 6) is 0.865. The van der Waals surface area contributed by atoms with Crippen LogP contribution in [0.5, 0.6) is 0 Å². The highest BCUT2D eigenvalue weighted by Crippen LogP contribution is 2.27. The summed E-state index contributed by atoms with van der Waals surface area (Å²) in [5.41, 5.74) is 8.79. The van der Waals surface area contributed by atoms with E-state index in [2.05, 4.69) is 11.8 Å². The number of nitrogens with zero attached hydrogens (tertiary/aromatic N) is 2. The molecule has 0 bridgehead atoms. The van der Waals surface area contributed by atoms with Gasteiger partial charge in [-0.15, -0.1) is 0 Å². The molecule has 0 amide bonds. The Bertz CT molecular complexity index is 473. The van der Waals surface area contributed by atoms with Crippen molar-refractivity contribution in [1.29, 1.82) is 5.41 Å². The van der Waals surface area contributed by atoms with E-state index in [9.17, 15) is 0 Å². The summed E-state index contributed by atoms with van der Waals surface area (Å²) in [4.78, 5) is 6.81. The summed E-state index contributed by atoms with van der Waals surface area (Å²) in [5, 5.41) is 16.7. The Balaban J connectivity index is 2.38. The molecule has 0 aromatic carbocycles. The van der Waals surface area contributed by atoms with Gasteiger partial charge in [0.15, 0.2) is 0 Å². The summed E-state index contributed by atoms with van der Waals surface area (Å²) in [6.07, 6.45) is 3.87. The molecule has 1 aliphatic carbocycles. The first-order valence-corrected chi connectivity index (χ1v) is 6.90. The Kier molecular flexibility index (Phi) is 4.37. The van der Waals surface area contributed by atoms with Gasteiger partial charge >= 0.3 is 0 Å². The van der Waals surface area contributed by atoms with Gasteiger partial charge in [-0.05, 0) is 44.2 Å². The van der Waals surface area contributed by atoms with Crippen LogP contribution in [0.3, 0.4) is 0 Å². The third-order valence-corrected chi connectivity index (χ3v) is 3.59. The number of aromatic nitrogens is 1. The minimum atomic E-state index is 0.0691. The molecule has 0 atom stereocenters. The number of amidine groups is 1. The summed E-state index contributed by atoms with van der Waals surface area (Å²) in [7, 11) is 0. The van der Waals surface area contributed by atoms with Crippen molar-refractivity contribution in [3.05, 3.63) is 22.9 Å². The van der Waals surface area contributed by atoms with Crippen LogP contribution in [0.2, 0.25) is 0 Å². The number of hydrogen-bond acceptors (Lipinski definition) is 4. The van der Waals surface area contributed by atoms with Crippen LogP contribution in [0.1, 0.15) is 36.6 Å². The molecule has 1 aromatic heterocycles. The zero-order valence-electron chi connectivity index (χ0n) is 11.4. The molecule has 0 spiro atoms. The Labute approximate surface area is 114 Å². The van der Waals surface area contributed by atoms with Crippen LogP contribution >= 0.6 is 0 Å². The quantitative estimate of drug-likeness (QED) is 0.528. The average Bonchev–Trinajstić information content (AvgIpc) is 2.85. The van der Waals surface area contributed by atoms with E-state index in [0.717, 1.165) is 49.4 Å². The van der Waals surface area contributed by atoms with Gasteiger partial charge in [0.05, 0.1) is 5.56 Å². The third-order valence-electron chi connectivity index (χ3n) is 3.59. The lowest BCUT2D eigenvalue weighted by molar-refractivity contribution is 0.289. The summed E-state index contributed by atoms with van der Waals surface area (Å²) >= 11 is 0. The van der Waals surface area contributed by atoms with Crippen LogP contribution in [0.15, 0.2) is 6.07 Å². The molecular formula is C14H22N4O. The largest absolute Gasteiger partial charge is 0.396 e. The molecule has 1 heterocycles. The maximum absolute atomic E-state index is 8.98. The van der Waals surface area contributed by atoms with Gasteiger partial charge in [0.1, 0.15) is 11.7 Å². The van der Waals surface area contributed by atoms with E-state index in [1.165, 1.54) is 5.56 Å². The van der Waals surface area contributed by atoms with Crippen molar-refractivity contribution in [2.75, 3.05) is 24.6 Å². The number of hydrogen-bond donors (Lipinski definition) is 3. The molecule has 0 aliphatic heterocycles. The van der Waals surface area contributed by atoms with E-state index < -0.39 is 0 Å². The lowest BCUT2D eigenvalue weighted by Gasteiger charge is -2.24. The molecule has 1 aromatic rings. The average molecular weight is 262 g/mol. The van der Waals surface area contributed by atoms with Crippen molar-refractivity contribution in [2.45, 2.75) is 32.6 Å². The zero-order chi connectivity index (χ0) is 13.8. The summed E-state index contributed by atoms with van der Waals surface area (Å²) < 4.78 is 0. The molecule has 0 unspecified atom stereocenters. The second-order valence-corrected chi connectivity index (χ2v) is 4.89. The van der Waals surface area contributed by atoms with Crippen molar-refractivity contribution in [2.24, 2.45) is 5.73 Å². The zero-order valence-corrected chi connectivity index (χ0v) is 11.4. The fourth-order valence-corrected chi connectivity index (χ4v) is 2.58. The Morgan fingerprint density at radius 3 is 2.95 bits per heavy atom. The number of nitrogens with two attached hydrogens (primary N) is 1. The molecule has 104 valence electrons. The Morgan fingerprint density at radius 2 is 2.32 bits per heavy atom. The van der Waals surface area contributed by atoms with Crippen LogP contribution in [-0.4, -0.2) is 35.6 Å². The highest BCUT2D eigenvalue weighted by Gasteiger charge is 2.20.